The predicted molar refractivity (Wildman–Crippen MR) is 84.0 cm³/mol. The summed E-state index contributed by atoms with van der Waals surface area (Å²) < 4.78 is 0. The topological polar surface area (TPSA) is 57.6 Å². The van der Waals surface area contributed by atoms with E-state index in [2.05, 4.69) is 0 Å². The van der Waals surface area contributed by atoms with Crippen molar-refractivity contribution in [3.05, 3.63) is 35.9 Å². The molecule has 5 heteroatoms. The minimum atomic E-state index is -0.928. The molecule has 2 rings (SSSR count). The SMILES string of the molecule is CC(C)(C)CC(=O)N1C(c2ccccc2)SC[C@H]1C(=O)O. The van der Waals surface area contributed by atoms with E-state index >= 15 is 0 Å². The lowest BCUT2D eigenvalue weighted by Crippen LogP contribution is -2.44. The fraction of sp³-hybridized carbons (Fsp3) is 0.500. The number of carbonyl (C=O) groups is 2. The van der Waals surface area contributed by atoms with Crippen molar-refractivity contribution in [1.29, 1.82) is 0 Å². The van der Waals surface area contributed by atoms with Crippen molar-refractivity contribution in [2.75, 3.05) is 5.75 Å². The molecule has 0 bridgehead atoms. The molecule has 1 saturated heterocycles. The maximum Gasteiger partial charge on any atom is 0.327 e. The fourth-order valence-electron chi connectivity index (χ4n) is 2.42. The standard InChI is InChI=1S/C16H21NO3S/c1-16(2,3)9-13(18)17-12(15(19)20)10-21-14(17)11-7-5-4-6-8-11/h4-8,12,14H,9-10H2,1-3H3,(H,19,20)/t12-,14?/m0/s1. The van der Waals surface area contributed by atoms with Gasteiger partial charge in [0.1, 0.15) is 11.4 Å². The third kappa shape index (κ3) is 3.79. The smallest absolute Gasteiger partial charge is 0.327 e. The average Bonchev–Trinajstić information content (AvgIpc) is 2.82. The predicted octanol–water partition coefficient (Wildman–Crippen LogP) is 3.15. The zero-order chi connectivity index (χ0) is 15.6. The molecule has 114 valence electrons. The summed E-state index contributed by atoms with van der Waals surface area (Å²) in [6.07, 6.45) is 0.348. The molecule has 0 radical (unpaired) electrons. The summed E-state index contributed by atoms with van der Waals surface area (Å²) in [5.74, 6) is -0.581. The molecule has 0 aromatic heterocycles. The van der Waals surface area contributed by atoms with Gasteiger partial charge in [0.25, 0.3) is 0 Å². The summed E-state index contributed by atoms with van der Waals surface area (Å²) in [6.45, 7) is 5.96. The van der Waals surface area contributed by atoms with Crippen molar-refractivity contribution in [1.82, 2.24) is 4.90 Å². The van der Waals surface area contributed by atoms with E-state index in [1.165, 1.54) is 11.8 Å². The summed E-state index contributed by atoms with van der Waals surface area (Å²) in [5.41, 5.74) is 0.822. The van der Waals surface area contributed by atoms with Gasteiger partial charge in [0, 0.05) is 12.2 Å². The van der Waals surface area contributed by atoms with Gasteiger partial charge >= 0.3 is 5.97 Å². The van der Waals surface area contributed by atoms with Crippen LogP contribution in [0.3, 0.4) is 0 Å². The van der Waals surface area contributed by atoms with Gasteiger partial charge in [-0.3, -0.25) is 4.79 Å². The van der Waals surface area contributed by atoms with Crippen LogP contribution in [-0.4, -0.2) is 33.7 Å². The van der Waals surface area contributed by atoms with E-state index in [-0.39, 0.29) is 16.7 Å². The molecule has 1 unspecified atom stereocenters. The Morgan fingerprint density at radius 3 is 2.43 bits per heavy atom. The van der Waals surface area contributed by atoms with Crippen LogP contribution in [0.15, 0.2) is 30.3 Å². The largest absolute Gasteiger partial charge is 0.480 e. The molecule has 1 N–H and O–H groups in total. The van der Waals surface area contributed by atoms with E-state index in [0.29, 0.717) is 12.2 Å². The van der Waals surface area contributed by atoms with Crippen LogP contribution in [0.25, 0.3) is 0 Å². The van der Waals surface area contributed by atoms with Gasteiger partial charge in [0.15, 0.2) is 0 Å². The molecule has 0 saturated carbocycles. The monoisotopic (exact) mass is 307 g/mol. The highest BCUT2D eigenvalue weighted by Gasteiger charge is 2.42. The Labute approximate surface area is 129 Å². The number of thioether (sulfide) groups is 1. The van der Waals surface area contributed by atoms with Crippen molar-refractivity contribution >= 4 is 23.6 Å². The first-order valence-corrected chi connectivity index (χ1v) is 8.05. The minimum Gasteiger partial charge on any atom is -0.480 e. The Bertz CT molecular complexity index is 524. The molecule has 1 aromatic carbocycles. The molecule has 1 heterocycles. The summed E-state index contributed by atoms with van der Waals surface area (Å²) in [6, 6.07) is 8.89. The summed E-state index contributed by atoms with van der Waals surface area (Å²) in [5, 5.41) is 9.18. The van der Waals surface area contributed by atoms with E-state index in [0.717, 1.165) is 5.56 Å². The van der Waals surface area contributed by atoms with Gasteiger partial charge in [-0.15, -0.1) is 11.8 Å². The third-order valence-electron chi connectivity index (χ3n) is 3.34. The van der Waals surface area contributed by atoms with Crippen LogP contribution in [0.2, 0.25) is 0 Å². The molecule has 0 spiro atoms. The molecular formula is C16H21NO3S. The summed E-state index contributed by atoms with van der Waals surface area (Å²) in [7, 11) is 0. The second kappa shape index (κ2) is 6.10. The Hall–Kier alpha value is -1.49. The number of hydrogen-bond acceptors (Lipinski definition) is 3. The summed E-state index contributed by atoms with van der Waals surface area (Å²) in [4.78, 5) is 25.6. The highest BCUT2D eigenvalue weighted by molar-refractivity contribution is 7.99. The van der Waals surface area contributed by atoms with Gasteiger partial charge in [0.2, 0.25) is 5.91 Å². The van der Waals surface area contributed by atoms with Crippen molar-refractivity contribution in [3.63, 3.8) is 0 Å². The lowest BCUT2D eigenvalue weighted by Gasteiger charge is -2.30. The molecule has 1 fully saturated rings. The maximum absolute atomic E-state index is 12.6. The zero-order valence-corrected chi connectivity index (χ0v) is 13.4. The van der Waals surface area contributed by atoms with Crippen LogP contribution in [-0.2, 0) is 9.59 Å². The number of hydrogen-bond donors (Lipinski definition) is 1. The fourth-order valence-corrected chi connectivity index (χ4v) is 3.86. The number of carboxylic acids is 1. The first-order chi connectivity index (χ1) is 9.79. The zero-order valence-electron chi connectivity index (χ0n) is 12.6. The Morgan fingerprint density at radius 2 is 1.90 bits per heavy atom. The van der Waals surface area contributed by atoms with E-state index in [1.54, 1.807) is 4.90 Å². The number of nitrogens with zero attached hydrogens (tertiary/aromatic N) is 1. The number of amides is 1. The van der Waals surface area contributed by atoms with Crippen LogP contribution < -0.4 is 0 Å². The van der Waals surface area contributed by atoms with E-state index in [4.69, 9.17) is 0 Å². The lowest BCUT2D eigenvalue weighted by atomic mass is 9.91. The quantitative estimate of drug-likeness (QED) is 0.932. The lowest BCUT2D eigenvalue weighted by molar-refractivity contribution is -0.150. The number of carbonyl (C=O) groups excluding carboxylic acids is 1. The van der Waals surface area contributed by atoms with E-state index in [1.807, 2.05) is 51.1 Å². The Balaban J connectivity index is 2.29. The summed E-state index contributed by atoms with van der Waals surface area (Å²) >= 11 is 1.52. The van der Waals surface area contributed by atoms with Crippen LogP contribution in [0.5, 0.6) is 0 Å². The van der Waals surface area contributed by atoms with Crippen molar-refractivity contribution in [2.24, 2.45) is 5.41 Å². The molecule has 1 aliphatic heterocycles. The molecule has 1 aromatic rings. The molecule has 4 nitrogen and oxygen atoms in total. The van der Waals surface area contributed by atoms with Crippen molar-refractivity contribution < 1.29 is 14.7 Å². The van der Waals surface area contributed by atoms with E-state index < -0.39 is 12.0 Å². The number of benzene rings is 1. The first kappa shape index (κ1) is 15.9. The van der Waals surface area contributed by atoms with Crippen LogP contribution in [0.4, 0.5) is 0 Å². The third-order valence-corrected chi connectivity index (χ3v) is 4.66. The van der Waals surface area contributed by atoms with Gasteiger partial charge < -0.3 is 10.0 Å². The average molecular weight is 307 g/mol. The normalized spacial score (nSPS) is 22.3. The van der Waals surface area contributed by atoms with Gasteiger partial charge in [-0.25, -0.2) is 4.79 Å². The van der Waals surface area contributed by atoms with Crippen molar-refractivity contribution in [2.45, 2.75) is 38.6 Å². The second-order valence-corrected chi connectivity index (χ2v) is 7.60. The van der Waals surface area contributed by atoms with Gasteiger partial charge in [0.05, 0.1) is 0 Å². The highest BCUT2D eigenvalue weighted by atomic mass is 32.2. The molecule has 21 heavy (non-hydrogen) atoms. The molecule has 2 atom stereocenters. The molecule has 1 aliphatic rings. The van der Waals surface area contributed by atoms with Crippen LogP contribution in [0.1, 0.15) is 38.1 Å². The van der Waals surface area contributed by atoms with Crippen molar-refractivity contribution in [3.8, 4) is 0 Å². The number of carboxylic acid groups (broad SMARTS) is 1. The van der Waals surface area contributed by atoms with Crippen LogP contribution >= 0.6 is 11.8 Å². The second-order valence-electron chi connectivity index (χ2n) is 6.49. The number of rotatable bonds is 3. The van der Waals surface area contributed by atoms with Gasteiger partial charge in [-0.05, 0) is 11.0 Å². The van der Waals surface area contributed by atoms with E-state index in [9.17, 15) is 14.7 Å². The maximum atomic E-state index is 12.6. The Morgan fingerprint density at radius 1 is 1.29 bits per heavy atom. The van der Waals surface area contributed by atoms with Gasteiger partial charge in [-0.1, -0.05) is 51.1 Å². The molecule has 1 amide bonds. The first-order valence-electron chi connectivity index (χ1n) is 7.00. The number of aliphatic carboxylic acids is 1. The van der Waals surface area contributed by atoms with Crippen LogP contribution in [0, 0.1) is 5.41 Å². The Kier molecular flexibility index (Phi) is 4.61. The highest BCUT2D eigenvalue weighted by Crippen LogP contribution is 2.42. The molecule has 0 aliphatic carbocycles. The minimum absolute atomic E-state index is 0.0891. The van der Waals surface area contributed by atoms with Gasteiger partial charge in [-0.2, -0.15) is 0 Å². The molecular weight excluding hydrogens is 286 g/mol.